The molecule has 1 aliphatic heterocycles. The molecule has 1 aromatic rings. The Hall–Kier alpha value is -0.970. The Morgan fingerprint density at radius 2 is 2.50 bits per heavy atom. The first-order valence-electron chi connectivity index (χ1n) is 5.56. The molecule has 0 aromatic carbocycles. The van der Waals surface area contributed by atoms with Crippen LogP contribution in [-0.2, 0) is 13.6 Å². The molecule has 1 atom stereocenters. The zero-order chi connectivity index (χ0) is 11.5. The number of aromatic nitrogens is 2. The van der Waals surface area contributed by atoms with Crippen LogP contribution >= 0.6 is 11.8 Å². The van der Waals surface area contributed by atoms with Crippen molar-refractivity contribution in [2.75, 3.05) is 5.75 Å². The van der Waals surface area contributed by atoms with Crippen LogP contribution in [0.15, 0.2) is 17.4 Å². The fraction of sp³-hybridized carbons (Fsp3) is 0.636. The van der Waals surface area contributed by atoms with Gasteiger partial charge in [-0.25, -0.2) is 0 Å². The summed E-state index contributed by atoms with van der Waals surface area (Å²) >= 11 is 1.82. The van der Waals surface area contributed by atoms with Gasteiger partial charge < -0.3 is 5.32 Å². The van der Waals surface area contributed by atoms with Crippen LogP contribution in [0.3, 0.4) is 0 Å². The third-order valence-corrected chi connectivity index (χ3v) is 3.72. The van der Waals surface area contributed by atoms with Crippen molar-refractivity contribution < 1.29 is 0 Å². The van der Waals surface area contributed by atoms with Crippen molar-refractivity contribution in [1.82, 2.24) is 15.1 Å². The average molecular weight is 238 g/mol. The first-order chi connectivity index (χ1) is 7.65. The highest BCUT2D eigenvalue weighted by Crippen LogP contribution is 2.19. The van der Waals surface area contributed by atoms with Gasteiger partial charge in [0.05, 0.1) is 12.7 Å². The summed E-state index contributed by atoms with van der Waals surface area (Å²) in [5.41, 5.74) is 1.16. The molecule has 2 rings (SSSR count). The number of thioether (sulfide) groups is 1. The van der Waals surface area contributed by atoms with Gasteiger partial charge >= 0.3 is 0 Å². The maximum Gasteiger partial charge on any atom is 0.157 e. The van der Waals surface area contributed by atoms with E-state index in [-0.39, 0.29) is 0 Å². The van der Waals surface area contributed by atoms with Gasteiger partial charge in [-0.15, -0.1) is 0 Å². The lowest BCUT2D eigenvalue weighted by atomic mass is 10.1. The maximum absolute atomic E-state index is 4.55. The molecule has 0 bridgehead atoms. The predicted molar refractivity (Wildman–Crippen MR) is 68.6 cm³/mol. The summed E-state index contributed by atoms with van der Waals surface area (Å²) in [7, 11) is 1.92. The fourth-order valence-corrected chi connectivity index (χ4v) is 2.77. The van der Waals surface area contributed by atoms with E-state index in [0.717, 1.165) is 16.5 Å². The number of rotatable bonds is 3. The van der Waals surface area contributed by atoms with Gasteiger partial charge in [-0.05, 0) is 5.92 Å². The number of nitrogens with one attached hydrogen (secondary N) is 1. The minimum atomic E-state index is 0.567. The first-order valence-corrected chi connectivity index (χ1v) is 6.55. The maximum atomic E-state index is 4.55. The third kappa shape index (κ3) is 2.78. The Kier molecular flexibility index (Phi) is 3.53. The minimum Gasteiger partial charge on any atom is -0.361 e. The lowest BCUT2D eigenvalue weighted by molar-refractivity contribution is 0.503. The van der Waals surface area contributed by atoms with Gasteiger partial charge in [-0.3, -0.25) is 9.67 Å². The molecule has 16 heavy (non-hydrogen) atoms. The van der Waals surface area contributed by atoms with E-state index < -0.39 is 0 Å². The molecule has 0 saturated carbocycles. The van der Waals surface area contributed by atoms with Crippen LogP contribution in [0, 0.1) is 5.92 Å². The summed E-state index contributed by atoms with van der Waals surface area (Å²) in [5.74, 6) is 1.79. The molecule has 1 unspecified atom stereocenters. The average Bonchev–Trinajstić information content (AvgIpc) is 2.83. The van der Waals surface area contributed by atoms with Crippen LogP contribution < -0.4 is 5.32 Å². The Labute approximate surface area is 101 Å². The SMILES string of the molecule is CC(C)C1CSC(=NCc2cnn(C)c2)N1. The van der Waals surface area contributed by atoms with Crippen molar-refractivity contribution in [1.29, 1.82) is 0 Å². The summed E-state index contributed by atoms with van der Waals surface area (Å²) in [5, 5.41) is 8.65. The van der Waals surface area contributed by atoms with E-state index in [2.05, 4.69) is 29.3 Å². The number of aryl methyl sites for hydroxylation is 1. The van der Waals surface area contributed by atoms with Gasteiger partial charge in [0.15, 0.2) is 5.17 Å². The number of amidine groups is 1. The van der Waals surface area contributed by atoms with E-state index in [1.165, 1.54) is 0 Å². The zero-order valence-electron chi connectivity index (χ0n) is 9.97. The minimum absolute atomic E-state index is 0.567. The van der Waals surface area contributed by atoms with E-state index >= 15 is 0 Å². The van der Waals surface area contributed by atoms with Crippen molar-refractivity contribution in [3.8, 4) is 0 Å². The number of nitrogens with zero attached hydrogens (tertiary/aromatic N) is 3. The first kappa shape index (κ1) is 11.5. The Morgan fingerprint density at radius 1 is 1.69 bits per heavy atom. The number of hydrogen-bond donors (Lipinski definition) is 1. The van der Waals surface area contributed by atoms with E-state index in [4.69, 9.17) is 0 Å². The predicted octanol–water partition coefficient (Wildman–Crippen LogP) is 1.64. The largest absolute Gasteiger partial charge is 0.361 e. The van der Waals surface area contributed by atoms with Crippen LogP contribution in [-0.4, -0.2) is 26.7 Å². The molecule has 0 aliphatic carbocycles. The van der Waals surface area contributed by atoms with Crippen LogP contribution in [0.5, 0.6) is 0 Å². The van der Waals surface area contributed by atoms with E-state index in [1.807, 2.05) is 35.9 Å². The van der Waals surface area contributed by atoms with E-state index in [1.54, 1.807) is 0 Å². The van der Waals surface area contributed by atoms with Crippen LogP contribution in [0.1, 0.15) is 19.4 Å². The third-order valence-electron chi connectivity index (χ3n) is 2.68. The molecule has 1 fully saturated rings. The second-order valence-corrected chi connectivity index (χ2v) is 5.46. The van der Waals surface area contributed by atoms with Gasteiger partial charge in [0.1, 0.15) is 0 Å². The standard InChI is InChI=1S/C11H18N4S/c1-8(2)10-7-16-11(14-10)12-4-9-5-13-15(3)6-9/h5-6,8,10H,4,7H2,1-3H3,(H,12,14). The monoisotopic (exact) mass is 238 g/mol. The molecular formula is C11H18N4S. The molecular weight excluding hydrogens is 220 g/mol. The highest BCUT2D eigenvalue weighted by atomic mass is 32.2. The van der Waals surface area contributed by atoms with Crippen molar-refractivity contribution in [3.63, 3.8) is 0 Å². The Morgan fingerprint density at radius 3 is 3.06 bits per heavy atom. The summed E-state index contributed by atoms with van der Waals surface area (Å²) < 4.78 is 1.81. The molecule has 2 heterocycles. The van der Waals surface area contributed by atoms with Gasteiger partial charge in [0.2, 0.25) is 0 Å². The van der Waals surface area contributed by atoms with Gasteiger partial charge in [-0.1, -0.05) is 25.6 Å². The summed E-state index contributed by atoms with van der Waals surface area (Å²) in [6.45, 7) is 5.19. The molecule has 5 heteroatoms. The quantitative estimate of drug-likeness (QED) is 0.870. The normalized spacial score (nSPS) is 23.0. The molecule has 1 aromatic heterocycles. The Balaban J connectivity index is 1.90. The van der Waals surface area contributed by atoms with Gasteiger partial charge in [0.25, 0.3) is 0 Å². The molecule has 0 radical (unpaired) electrons. The van der Waals surface area contributed by atoms with Crippen molar-refractivity contribution >= 4 is 16.9 Å². The van der Waals surface area contributed by atoms with Gasteiger partial charge in [0, 0.05) is 30.6 Å². The molecule has 0 spiro atoms. The molecule has 1 saturated heterocycles. The second kappa shape index (κ2) is 4.91. The molecule has 4 nitrogen and oxygen atoms in total. The van der Waals surface area contributed by atoms with Crippen LogP contribution in [0.4, 0.5) is 0 Å². The number of hydrogen-bond acceptors (Lipinski definition) is 3. The van der Waals surface area contributed by atoms with Gasteiger partial charge in [-0.2, -0.15) is 5.10 Å². The molecule has 1 aliphatic rings. The van der Waals surface area contributed by atoms with Crippen molar-refractivity contribution in [2.24, 2.45) is 18.0 Å². The van der Waals surface area contributed by atoms with E-state index in [0.29, 0.717) is 18.5 Å². The van der Waals surface area contributed by atoms with Crippen molar-refractivity contribution in [2.45, 2.75) is 26.4 Å². The Bertz CT molecular complexity index is 383. The highest BCUT2D eigenvalue weighted by Gasteiger charge is 2.22. The second-order valence-electron chi connectivity index (χ2n) is 4.45. The lowest BCUT2D eigenvalue weighted by Crippen LogP contribution is -2.31. The summed E-state index contributed by atoms with van der Waals surface area (Å²) in [4.78, 5) is 4.55. The molecule has 1 N–H and O–H groups in total. The summed E-state index contributed by atoms with van der Waals surface area (Å²) in [6, 6.07) is 0.567. The summed E-state index contributed by atoms with van der Waals surface area (Å²) in [6.07, 6.45) is 3.87. The van der Waals surface area contributed by atoms with Crippen LogP contribution in [0.25, 0.3) is 0 Å². The number of aliphatic imine (C=N–C) groups is 1. The topological polar surface area (TPSA) is 42.2 Å². The molecule has 0 amide bonds. The van der Waals surface area contributed by atoms with Crippen LogP contribution in [0.2, 0.25) is 0 Å². The van der Waals surface area contributed by atoms with E-state index in [9.17, 15) is 0 Å². The fourth-order valence-electron chi connectivity index (χ4n) is 1.58. The lowest BCUT2D eigenvalue weighted by Gasteiger charge is -2.12. The zero-order valence-corrected chi connectivity index (χ0v) is 10.8. The molecule has 88 valence electrons. The smallest absolute Gasteiger partial charge is 0.157 e. The highest BCUT2D eigenvalue weighted by molar-refractivity contribution is 8.14. The van der Waals surface area contributed by atoms with Crippen molar-refractivity contribution in [3.05, 3.63) is 18.0 Å².